The van der Waals surface area contributed by atoms with E-state index in [9.17, 15) is 35.2 Å². The minimum absolute atomic E-state index is 0.0157. The fourth-order valence-corrected chi connectivity index (χ4v) is 2.41. The molecule has 1 aliphatic carbocycles. The number of hydrogen-bond donors (Lipinski definition) is 2. The molecule has 2 aromatic carbocycles. The average molecular weight is 302 g/mol. The second-order valence-corrected chi connectivity index (χ2v) is 4.62. The van der Waals surface area contributed by atoms with Crippen molar-refractivity contribution in [3.63, 3.8) is 0 Å². The number of nitro groups is 2. The Kier molecular flexibility index (Phi) is 2.61. The largest absolute Gasteiger partial charge is 0.502 e. The molecular weight excluding hydrogens is 296 g/mol. The molecule has 9 nitrogen and oxygen atoms in total. The molecule has 0 saturated carbocycles. The predicted molar refractivity (Wildman–Crippen MR) is 71.9 cm³/mol. The van der Waals surface area contributed by atoms with Crippen LogP contribution in [0.4, 0.5) is 11.4 Å². The Morgan fingerprint density at radius 3 is 1.41 bits per heavy atom. The fourth-order valence-electron chi connectivity index (χ4n) is 2.41. The van der Waals surface area contributed by atoms with Crippen LogP contribution in [0.2, 0.25) is 0 Å². The van der Waals surface area contributed by atoms with Gasteiger partial charge in [-0.1, -0.05) is 0 Å². The van der Waals surface area contributed by atoms with Gasteiger partial charge in [-0.3, -0.25) is 25.0 Å². The summed E-state index contributed by atoms with van der Waals surface area (Å²) < 4.78 is 0. The average Bonchev–Trinajstić information content (AvgIpc) is 2.69. The van der Waals surface area contributed by atoms with Gasteiger partial charge < -0.3 is 10.2 Å². The van der Waals surface area contributed by atoms with Crippen molar-refractivity contribution >= 4 is 17.2 Å². The maximum atomic E-state index is 12.2. The molecule has 2 aromatic rings. The first kappa shape index (κ1) is 13.5. The second kappa shape index (κ2) is 4.25. The molecule has 0 fully saturated rings. The Morgan fingerprint density at radius 1 is 0.727 bits per heavy atom. The quantitative estimate of drug-likeness (QED) is 0.544. The Labute approximate surface area is 121 Å². The van der Waals surface area contributed by atoms with Gasteiger partial charge in [-0.15, -0.1) is 0 Å². The van der Waals surface area contributed by atoms with Gasteiger partial charge in [0.05, 0.1) is 9.85 Å². The molecule has 0 amide bonds. The number of carbonyl (C=O) groups excluding carboxylic acids is 1. The van der Waals surface area contributed by atoms with Crippen LogP contribution >= 0.6 is 0 Å². The maximum absolute atomic E-state index is 12.2. The zero-order chi connectivity index (χ0) is 16.2. The Balaban J connectivity index is 2.34. The lowest BCUT2D eigenvalue weighted by molar-refractivity contribution is -0.386. The lowest BCUT2D eigenvalue weighted by Gasteiger charge is -2.02. The van der Waals surface area contributed by atoms with Gasteiger partial charge in [0.15, 0.2) is 17.3 Å². The SMILES string of the molecule is O=C1c2cc(O)c([N+](=O)[O-])cc2-c2cc([N+](=O)[O-])c(O)cc21. The fraction of sp³-hybridized carbons (Fsp3) is 0. The van der Waals surface area contributed by atoms with Crippen molar-refractivity contribution in [3.05, 3.63) is 55.6 Å². The number of aromatic hydroxyl groups is 2. The summed E-state index contributed by atoms with van der Waals surface area (Å²) in [5.41, 5.74) is -1.05. The highest BCUT2D eigenvalue weighted by Gasteiger charge is 2.33. The first-order valence-corrected chi connectivity index (χ1v) is 5.89. The minimum atomic E-state index is -0.826. The number of fused-ring (bicyclic) bond motifs is 3. The van der Waals surface area contributed by atoms with E-state index in [0.717, 1.165) is 24.3 Å². The summed E-state index contributed by atoms with van der Waals surface area (Å²) in [6, 6.07) is 3.85. The highest BCUT2D eigenvalue weighted by Crippen LogP contribution is 2.45. The number of phenolic OH excluding ortho intramolecular Hbond substituents is 2. The normalized spacial score (nSPS) is 11.9. The monoisotopic (exact) mass is 302 g/mol. The van der Waals surface area contributed by atoms with Gasteiger partial charge in [0.2, 0.25) is 0 Å². The van der Waals surface area contributed by atoms with E-state index in [1.54, 1.807) is 0 Å². The van der Waals surface area contributed by atoms with Gasteiger partial charge in [-0.2, -0.15) is 0 Å². The molecule has 0 aliphatic heterocycles. The van der Waals surface area contributed by atoms with E-state index in [1.807, 2.05) is 0 Å². The van der Waals surface area contributed by atoms with Crippen LogP contribution in [-0.4, -0.2) is 25.8 Å². The number of phenols is 2. The summed E-state index contributed by atoms with van der Waals surface area (Å²) in [5.74, 6) is -1.94. The first-order chi connectivity index (χ1) is 10.3. The Morgan fingerprint density at radius 2 is 1.09 bits per heavy atom. The van der Waals surface area contributed by atoms with Gasteiger partial charge in [-0.25, -0.2) is 0 Å². The number of ketones is 1. The van der Waals surface area contributed by atoms with Crippen LogP contribution in [0.1, 0.15) is 15.9 Å². The molecule has 22 heavy (non-hydrogen) atoms. The molecule has 9 heteroatoms. The number of nitro benzene ring substituents is 2. The third-order valence-corrected chi connectivity index (χ3v) is 3.40. The molecule has 3 rings (SSSR count). The zero-order valence-electron chi connectivity index (χ0n) is 10.6. The van der Waals surface area contributed by atoms with Crippen LogP contribution in [0.15, 0.2) is 24.3 Å². The van der Waals surface area contributed by atoms with E-state index in [2.05, 4.69) is 0 Å². The molecule has 0 aromatic heterocycles. The van der Waals surface area contributed by atoms with Crippen LogP contribution in [0.3, 0.4) is 0 Å². The van der Waals surface area contributed by atoms with Crippen molar-refractivity contribution in [2.45, 2.75) is 0 Å². The number of carbonyl (C=O) groups is 1. The molecule has 0 spiro atoms. The Hall–Kier alpha value is -3.49. The smallest absolute Gasteiger partial charge is 0.311 e. The summed E-state index contributed by atoms with van der Waals surface area (Å²) in [5, 5.41) is 40.9. The van der Waals surface area contributed by atoms with Gasteiger partial charge in [0.1, 0.15) is 0 Å². The number of benzene rings is 2. The Bertz CT molecular complexity index is 817. The molecule has 0 bridgehead atoms. The predicted octanol–water partition coefficient (Wildman–Crippen LogP) is 2.13. The van der Waals surface area contributed by atoms with Crippen molar-refractivity contribution in [1.82, 2.24) is 0 Å². The van der Waals surface area contributed by atoms with Crippen LogP contribution in [0.5, 0.6) is 11.5 Å². The van der Waals surface area contributed by atoms with Crippen molar-refractivity contribution in [2.24, 2.45) is 0 Å². The van der Waals surface area contributed by atoms with Gasteiger partial charge in [0.25, 0.3) is 0 Å². The van der Waals surface area contributed by atoms with E-state index < -0.39 is 38.5 Å². The van der Waals surface area contributed by atoms with Crippen molar-refractivity contribution < 1.29 is 24.9 Å². The summed E-state index contributed by atoms with van der Waals surface area (Å²) in [6.07, 6.45) is 0. The summed E-state index contributed by atoms with van der Waals surface area (Å²) in [6.45, 7) is 0. The van der Waals surface area contributed by atoms with Crippen molar-refractivity contribution in [1.29, 1.82) is 0 Å². The van der Waals surface area contributed by atoms with Crippen LogP contribution in [0, 0.1) is 20.2 Å². The molecule has 1 aliphatic rings. The molecular formula is C13H6N2O7. The summed E-state index contributed by atoms with van der Waals surface area (Å²) in [7, 11) is 0. The summed E-state index contributed by atoms with van der Waals surface area (Å²) in [4.78, 5) is 32.3. The third-order valence-electron chi connectivity index (χ3n) is 3.40. The molecule has 0 radical (unpaired) electrons. The molecule has 0 heterocycles. The van der Waals surface area contributed by atoms with E-state index in [-0.39, 0.29) is 22.3 Å². The van der Waals surface area contributed by atoms with Crippen molar-refractivity contribution in [2.75, 3.05) is 0 Å². The van der Waals surface area contributed by atoms with Gasteiger partial charge >= 0.3 is 11.4 Å². The van der Waals surface area contributed by atoms with E-state index >= 15 is 0 Å². The standard InChI is InChI=1S/C13H6N2O7/c16-11-3-7-5(1-9(11)14(19)20)6-2-10(15(21)22)12(17)4-8(6)13(7)18/h1-4,16-17H. The summed E-state index contributed by atoms with van der Waals surface area (Å²) >= 11 is 0. The van der Waals surface area contributed by atoms with E-state index in [1.165, 1.54) is 0 Å². The molecule has 0 atom stereocenters. The highest BCUT2D eigenvalue weighted by molar-refractivity contribution is 6.22. The highest BCUT2D eigenvalue weighted by atomic mass is 16.6. The maximum Gasteiger partial charge on any atom is 0.311 e. The third kappa shape index (κ3) is 1.69. The van der Waals surface area contributed by atoms with Crippen LogP contribution < -0.4 is 0 Å². The van der Waals surface area contributed by atoms with E-state index in [0.29, 0.717) is 0 Å². The van der Waals surface area contributed by atoms with E-state index in [4.69, 9.17) is 0 Å². The van der Waals surface area contributed by atoms with Crippen LogP contribution in [0.25, 0.3) is 11.1 Å². The molecule has 0 saturated heterocycles. The second-order valence-electron chi connectivity index (χ2n) is 4.62. The van der Waals surface area contributed by atoms with Gasteiger partial charge in [0, 0.05) is 34.4 Å². The molecule has 2 N–H and O–H groups in total. The lowest BCUT2D eigenvalue weighted by Crippen LogP contribution is -1.97. The van der Waals surface area contributed by atoms with Gasteiger partial charge in [-0.05, 0) is 12.1 Å². The lowest BCUT2D eigenvalue weighted by atomic mass is 10.0. The number of hydrogen-bond acceptors (Lipinski definition) is 7. The molecule has 0 unspecified atom stereocenters. The van der Waals surface area contributed by atoms with Crippen molar-refractivity contribution in [3.8, 4) is 22.6 Å². The number of rotatable bonds is 2. The topological polar surface area (TPSA) is 144 Å². The number of nitrogens with zero attached hydrogens (tertiary/aromatic N) is 2. The first-order valence-electron chi connectivity index (χ1n) is 5.89. The zero-order valence-corrected chi connectivity index (χ0v) is 10.6. The minimum Gasteiger partial charge on any atom is -0.502 e. The van der Waals surface area contributed by atoms with Crippen LogP contribution in [-0.2, 0) is 0 Å². The molecule has 110 valence electrons.